The van der Waals surface area contributed by atoms with Crippen molar-refractivity contribution >= 4 is 22.8 Å². The monoisotopic (exact) mass is 190 g/mol. The van der Waals surface area contributed by atoms with Crippen molar-refractivity contribution in [1.29, 1.82) is 0 Å². The van der Waals surface area contributed by atoms with Crippen molar-refractivity contribution in [2.24, 2.45) is 8.80 Å². The van der Waals surface area contributed by atoms with Crippen LogP contribution in [0.15, 0.2) is 8.80 Å². The highest BCUT2D eigenvalue weighted by Gasteiger charge is 2.14. The van der Waals surface area contributed by atoms with Crippen molar-refractivity contribution in [1.82, 2.24) is 10.6 Å². The fourth-order valence-corrected chi connectivity index (χ4v) is 1.30. The molecule has 0 bridgehead atoms. The summed E-state index contributed by atoms with van der Waals surface area (Å²) >= 11 is -1.43. The summed E-state index contributed by atoms with van der Waals surface area (Å²) in [6.07, 6.45) is 0. The summed E-state index contributed by atoms with van der Waals surface area (Å²) in [5, 5.41) is 5.52. The molecular weight excluding hydrogens is 176 g/mol. The van der Waals surface area contributed by atoms with E-state index in [0.29, 0.717) is 11.7 Å². The maximum Gasteiger partial charge on any atom is 0.269 e. The first-order valence-corrected chi connectivity index (χ1v) is 4.79. The molecule has 1 rings (SSSR count). The van der Waals surface area contributed by atoms with Crippen molar-refractivity contribution in [3.05, 3.63) is 0 Å². The van der Waals surface area contributed by atoms with E-state index in [4.69, 9.17) is 0 Å². The van der Waals surface area contributed by atoms with Crippen LogP contribution in [0.4, 0.5) is 0 Å². The van der Waals surface area contributed by atoms with Crippen LogP contribution >= 0.6 is 0 Å². The van der Waals surface area contributed by atoms with Crippen molar-refractivity contribution in [2.45, 2.75) is 13.8 Å². The van der Waals surface area contributed by atoms with Crippen LogP contribution in [0, 0.1) is 0 Å². The molecule has 12 heavy (non-hydrogen) atoms. The first-order valence-electron chi connectivity index (χ1n) is 3.73. The van der Waals surface area contributed by atoms with Gasteiger partial charge >= 0.3 is 0 Å². The highest BCUT2D eigenvalue weighted by molar-refractivity contribution is 7.83. The van der Waals surface area contributed by atoms with Crippen molar-refractivity contribution in [3.63, 3.8) is 0 Å². The topological polar surface area (TPSA) is 65.8 Å². The highest BCUT2D eigenvalue weighted by Crippen LogP contribution is 1.97. The number of rotatable bonds is 0. The smallest absolute Gasteiger partial charge is 0.269 e. The van der Waals surface area contributed by atoms with Gasteiger partial charge in [0.05, 0.1) is 0 Å². The Labute approximate surface area is 75.1 Å². The Kier molecular flexibility index (Phi) is 5.27. The van der Waals surface area contributed by atoms with Gasteiger partial charge in [-0.3, -0.25) is 0 Å². The Balaban J connectivity index is 0.000000561. The van der Waals surface area contributed by atoms with E-state index in [1.807, 2.05) is 13.8 Å². The van der Waals surface area contributed by atoms with Gasteiger partial charge in [-0.1, -0.05) is 13.8 Å². The highest BCUT2D eigenvalue weighted by atomic mass is 32.2. The molecule has 1 aliphatic rings. The van der Waals surface area contributed by atoms with E-state index in [1.54, 1.807) is 14.1 Å². The summed E-state index contributed by atoms with van der Waals surface area (Å²) in [5.74, 6) is 1.08. The molecule has 0 amide bonds. The molecule has 0 saturated carbocycles. The molecule has 70 valence electrons. The molecule has 0 fully saturated rings. The largest absolute Gasteiger partial charge is 0.369 e. The number of hydrogen-bond donors (Lipinski definition) is 2. The molecule has 0 aromatic heterocycles. The number of nitrogens with one attached hydrogen (secondary N) is 2. The molecule has 0 aromatic carbocycles. The minimum atomic E-state index is -1.43. The summed E-state index contributed by atoms with van der Waals surface area (Å²) < 4.78 is 18.0. The molecule has 5 nitrogen and oxygen atoms in total. The molecule has 0 aromatic rings. The van der Waals surface area contributed by atoms with Crippen LogP contribution in [0.5, 0.6) is 0 Å². The van der Waals surface area contributed by atoms with Crippen LogP contribution in [0.1, 0.15) is 13.8 Å². The lowest BCUT2D eigenvalue weighted by Crippen LogP contribution is -2.34. The van der Waals surface area contributed by atoms with E-state index in [1.165, 1.54) is 0 Å². The molecule has 1 aliphatic heterocycles. The van der Waals surface area contributed by atoms with Crippen LogP contribution in [0.2, 0.25) is 0 Å². The zero-order valence-electron chi connectivity index (χ0n) is 7.71. The van der Waals surface area contributed by atoms with Gasteiger partial charge in [0.25, 0.3) is 11.2 Å². The quantitative estimate of drug-likeness (QED) is 0.558. The van der Waals surface area contributed by atoms with Crippen LogP contribution in [0.25, 0.3) is 0 Å². The first kappa shape index (κ1) is 11.1. The van der Waals surface area contributed by atoms with Gasteiger partial charge in [-0.25, -0.2) is 4.21 Å². The number of hydrogen-bond acceptors (Lipinski definition) is 3. The summed E-state index contributed by atoms with van der Waals surface area (Å²) in [6.45, 7) is 4.00. The predicted molar refractivity (Wildman–Crippen MR) is 52.5 cm³/mol. The van der Waals surface area contributed by atoms with Crippen LogP contribution < -0.4 is 10.6 Å². The van der Waals surface area contributed by atoms with E-state index in [-0.39, 0.29) is 0 Å². The second kappa shape index (κ2) is 5.70. The van der Waals surface area contributed by atoms with Crippen LogP contribution in [-0.2, 0) is 11.2 Å². The Hall–Kier alpha value is -0.910. The van der Waals surface area contributed by atoms with E-state index in [0.717, 1.165) is 0 Å². The lowest BCUT2D eigenvalue weighted by atomic mass is 10.5. The van der Waals surface area contributed by atoms with Crippen molar-refractivity contribution in [3.8, 4) is 0 Å². The van der Waals surface area contributed by atoms with Gasteiger partial charge in [0.2, 0.25) is 0 Å². The van der Waals surface area contributed by atoms with Gasteiger partial charge in [-0.15, -0.1) is 8.80 Å². The van der Waals surface area contributed by atoms with Gasteiger partial charge in [0.15, 0.2) is 11.7 Å². The normalized spacial score (nSPS) is 15.7. The van der Waals surface area contributed by atoms with E-state index < -0.39 is 11.2 Å². The van der Waals surface area contributed by atoms with E-state index in [9.17, 15) is 4.21 Å². The molecule has 1 heterocycles. The molecule has 0 radical (unpaired) electrons. The van der Waals surface area contributed by atoms with Gasteiger partial charge in [0, 0.05) is 14.1 Å². The molecular formula is C6H14N4OS. The Morgan fingerprint density at radius 2 is 1.42 bits per heavy atom. The summed E-state index contributed by atoms with van der Waals surface area (Å²) in [4.78, 5) is 0. The van der Waals surface area contributed by atoms with Gasteiger partial charge in [-0.05, 0) is 0 Å². The third-order valence-electron chi connectivity index (χ3n) is 1.04. The standard InChI is InChI=1S/C4H8N4OS.C2H6/c1-5-3-4(6-2)8-10(9)7-3;1-2/h1-2H3,(H,5,7)(H,6,8);1-2H3. The molecule has 0 aliphatic carbocycles. The maximum absolute atomic E-state index is 10.6. The third kappa shape index (κ3) is 2.61. The second-order valence-electron chi connectivity index (χ2n) is 1.61. The zero-order valence-corrected chi connectivity index (χ0v) is 8.53. The fourth-order valence-electron chi connectivity index (χ4n) is 0.591. The Morgan fingerprint density at radius 1 is 1.08 bits per heavy atom. The SMILES string of the molecule is CC.CNC1=NS(=O)N=C1NC. The van der Waals surface area contributed by atoms with Gasteiger partial charge < -0.3 is 10.6 Å². The Morgan fingerprint density at radius 3 is 1.67 bits per heavy atom. The van der Waals surface area contributed by atoms with Crippen LogP contribution in [0.3, 0.4) is 0 Å². The van der Waals surface area contributed by atoms with E-state index in [2.05, 4.69) is 19.4 Å². The lowest BCUT2D eigenvalue weighted by Gasteiger charge is -1.99. The first-order chi connectivity index (χ1) is 5.77. The average Bonchev–Trinajstić information content (AvgIpc) is 2.49. The summed E-state index contributed by atoms with van der Waals surface area (Å²) in [5.41, 5.74) is 0. The molecule has 0 spiro atoms. The molecule has 0 saturated heterocycles. The number of amidine groups is 2. The predicted octanol–water partition coefficient (Wildman–Crippen LogP) is -0.159. The Bertz CT molecular complexity index is 202. The summed E-state index contributed by atoms with van der Waals surface area (Å²) in [7, 11) is 3.41. The average molecular weight is 190 g/mol. The van der Waals surface area contributed by atoms with Gasteiger partial charge in [-0.2, -0.15) is 0 Å². The molecule has 0 atom stereocenters. The molecule has 6 heteroatoms. The third-order valence-corrected chi connectivity index (χ3v) is 1.71. The fraction of sp³-hybridized carbons (Fsp3) is 0.667. The number of likely N-dealkylation sites (N-methyl/N-ethyl adjacent to an activating group) is 2. The molecule has 2 N–H and O–H groups in total. The lowest BCUT2D eigenvalue weighted by molar-refractivity contribution is 0.686. The minimum absolute atomic E-state index is 0.542. The molecule has 0 unspecified atom stereocenters. The van der Waals surface area contributed by atoms with Crippen molar-refractivity contribution < 1.29 is 4.21 Å². The number of nitrogens with zero attached hydrogens (tertiary/aromatic N) is 2. The zero-order chi connectivity index (χ0) is 9.56. The maximum atomic E-state index is 10.6. The van der Waals surface area contributed by atoms with Gasteiger partial charge in [0.1, 0.15) is 0 Å². The second-order valence-corrected chi connectivity index (χ2v) is 2.44. The summed E-state index contributed by atoms with van der Waals surface area (Å²) in [6, 6.07) is 0. The van der Waals surface area contributed by atoms with Crippen LogP contribution in [-0.4, -0.2) is 30.0 Å². The minimum Gasteiger partial charge on any atom is -0.369 e. The van der Waals surface area contributed by atoms with E-state index >= 15 is 0 Å². The van der Waals surface area contributed by atoms with Crippen molar-refractivity contribution in [2.75, 3.05) is 14.1 Å².